The highest BCUT2D eigenvalue weighted by molar-refractivity contribution is 5.97. The molecule has 0 bridgehead atoms. The molecule has 1 saturated heterocycles. The first kappa shape index (κ1) is 22.1. The van der Waals surface area contributed by atoms with E-state index < -0.39 is 27.1 Å². The maximum atomic E-state index is 13.1. The molecule has 0 unspecified atom stereocenters. The van der Waals surface area contributed by atoms with Gasteiger partial charge in [-0.15, -0.1) is 0 Å². The molecule has 1 aliphatic rings. The second-order valence-corrected chi connectivity index (χ2v) is 8.20. The highest BCUT2D eigenvalue weighted by atomic mass is 16.6. The fraction of sp³-hybridized carbons (Fsp3) is 0.304. The third-order valence-corrected chi connectivity index (χ3v) is 6.13. The SMILES string of the molecule is Cc1c(C(=O)N2CCN(c3cc(C)c4cccc(C)c4n3)CC2)cc([N+](=O)[O-])cc1[N+](=O)[O-]. The maximum Gasteiger partial charge on any atom is 0.279 e. The lowest BCUT2D eigenvalue weighted by atomic mass is 10.0. The molecule has 1 amide bonds. The van der Waals surface area contributed by atoms with Gasteiger partial charge in [-0.3, -0.25) is 25.0 Å². The van der Waals surface area contributed by atoms with E-state index in [0.717, 1.165) is 40.0 Å². The molecule has 3 aromatic rings. The minimum atomic E-state index is -0.725. The number of amides is 1. The highest BCUT2D eigenvalue weighted by Gasteiger charge is 2.29. The smallest absolute Gasteiger partial charge is 0.279 e. The van der Waals surface area contributed by atoms with Crippen molar-refractivity contribution in [3.63, 3.8) is 0 Å². The normalized spacial score (nSPS) is 13.9. The summed E-state index contributed by atoms with van der Waals surface area (Å²) in [4.78, 5) is 42.8. The summed E-state index contributed by atoms with van der Waals surface area (Å²) in [5, 5.41) is 23.7. The Kier molecular flexibility index (Phi) is 5.67. The molecule has 0 spiro atoms. The van der Waals surface area contributed by atoms with Gasteiger partial charge in [-0.05, 0) is 38.0 Å². The molecule has 0 aliphatic carbocycles. The number of aromatic nitrogens is 1. The van der Waals surface area contributed by atoms with E-state index >= 15 is 0 Å². The summed E-state index contributed by atoms with van der Waals surface area (Å²) in [7, 11) is 0. The third-order valence-electron chi connectivity index (χ3n) is 6.13. The zero-order chi connectivity index (χ0) is 23.9. The summed E-state index contributed by atoms with van der Waals surface area (Å²) in [6.45, 7) is 7.33. The Morgan fingerprint density at radius 3 is 2.27 bits per heavy atom. The van der Waals surface area contributed by atoms with E-state index in [0.29, 0.717) is 26.2 Å². The van der Waals surface area contributed by atoms with Gasteiger partial charge in [0.25, 0.3) is 17.3 Å². The van der Waals surface area contributed by atoms with Crippen LogP contribution >= 0.6 is 0 Å². The number of nitrogens with zero attached hydrogens (tertiary/aromatic N) is 5. The van der Waals surface area contributed by atoms with Crippen LogP contribution in [0, 0.1) is 41.0 Å². The molecule has 1 aliphatic heterocycles. The predicted molar refractivity (Wildman–Crippen MR) is 124 cm³/mol. The minimum Gasteiger partial charge on any atom is -0.353 e. The van der Waals surface area contributed by atoms with Gasteiger partial charge in [0, 0.05) is 43.2 Å². The molecule has 0 atom stereocenters. The van der Waals surface area contributed by atoms with E-state index in [1.165, 1.54) is 6.92 Å². The number of benzene rings is 2. The Balaban J connectivity index is 1.57. The number of nitro groups is 2. The molecule has 10 nitrogen and oxygen atoms in total. The van der Waals surface area contributed by atoms with Gasteiger partial charge in [0.1, 0.15) is 5.82 Å². The zero-order valence-corrected chi connectivity index (χ0v) is 18.6. The van der Waals surface area contributed by atoms with Crippen LogP contribution in [-0.2, 0) is 0 Å². The average molecular weight is 449 g/mol. The van der Waals surface area contributed by atoms with E-state index in [-0.39, 0.29) is 11.1 Å². The van der Waals surface area contributed by atoms with Crippen molar-refractivity contribution in [3.8, 4) is 0 Å². The van der Waals surface area contributed by atoms with Gasteiger partial charge in [0.05, 0.1) is 27.0 Å². The second-order valence-electron chi connectivity index (χ2n) is 8.20. The van der Waals surface area contributed by atoms with Gasteiger partial charge < -0.3 is 9.80 Å². The van der Waals surface area contributed by atoms with Crippen LogP contribution in [0.15, 0.2) is 36.4 Å². The quantitative estimate of drug-likeness (QED) is 0.437. The van der Waals surface area contributed by atoms with E-state index in [1.807, 2.05) is 38.1 Å². The molecule has 10 heteroatoms. The summed E-state index contributed by atoms with van der Waals surface area (Å²) in [6.07, 6.45) is 0. The number of non-ortho nitro benzene ring substituents is 1. The number of nitro benzene ring substituents is 2. The number of anilines is 1. The number of piperazine rings is 1. The zero-order valence-electron chi connectivity index (χ0n) is 18.6. The van der Waals surface area contributed by atoms with Gasteiger partial charge in [0.15, 0.2) is 0 Å². The Labute approximate surface area is 189 Å². The molecule has 0 saturated carbocycles. The van der Waals surface area contributed by atoms with Crippen LogP contribution in [0.4, 0.5) is 17.2 Å². The number of pyridine rings is 1. The Hall–Kier alpha value is -4.08. The predicted octanol–water partition coefficient (Wildman–Crippen LogP) is 3.94. The van der Waals surface area contributed by atoms with E-state index in [1.54, 1.807) is 4.90 Å². The van der Waals surface area contributed by atoms with Crippen LogP contribution in [0.5, 0.6) is 0 Å². The Morgan fingerprint density at radius 2 is 1.64 bits per heavy atom. The van der Waals surface area contributed by atoms with Gasteiger partial charge in [-0.2, -0.15) is 0 Å². The lowest BCUT2D eigenvalue weighted by molar-refractivity contribution is -0.394. The first-order valence-corrected chi connectivity index (χ1v) is 10.5. The molecule has 1 aromatic heterocycles. The molecule has 170 valence electrons. The number of aryl methyl sites for hydroxylation is 2. The summed E-state index contributed by atoms with van der Waals surface area (Å²) in [6, 6.07) is 10.1. The van der Waals surface area contributed by atoms with Crippen molar-refractivity contribution in [2.75, 3.05) is 31.1 Å². The van der Waals surface area contributed by atoms with Gasteiger partial charge in [-0.1, -0.05) is 18.2 Å². The van der Waals surface area contributed by atoms with Crippen molar-refractivity contribution < 1.29 is 14.6 Å². The van der Waals surface area contributed by atoms with Gasteiger partial charge in [0.2, 0.25) is 0 Å². The number of rotatable bonds is 4. The number of hydrogen-bond acceptors (Lipinski definition) is 7. The maximum absolute atomic E-state index is 13.1. The summed E-state index contributed by atoms with van der Waals surface area (Å²) < 4.78 is 0. The summed E-state index contributed by atoms with van der Waals surface area (Å²) in [5.74, 6) is 0.390. The fourth-order valence-corrected chi connectivity index (χ4v) is 4.22. The number of carbonyl (C=O) groups is 1. The number of para-hydroxylation sites is 1. The van der Waals surface area contributed by atoms with Crippen LogP contribution in [0.2, 0.25) is 0 Å². The van der Waals surface area contributed by atoms with Crippen molar-refractivity contribution in [1.29, 1.82) is 0 Å². The molecule has 2 heterocycles. The van der Waals surface area contributed by atoms with E-state index in [9.17, 15) is 25.0 Å². The lowest BCUT2D eigenvalue weighted by Crippen LogP contribution is -2.49. The summed E-state index contributed by atoms with van der Waals surface area (Å²) >= 11 is 0. The van der Waals surface area contributed by atoms with Gasteiger partial charge in [-0.25, -0.2) is 4.98 Å². The Bertz CT molecular complexity index is 1300. The largest absolute Gasteiger partial charge is 0.353 e. The van der Waals surface area contributed by atoms with Gasteiger partial charge >= 0.3 is 0 Å². The molecule has 1 fully saturated rings. The van der Waals surface area contributed by atoms with Crippen molar-refractivity contribution >= 4 is 34.0 Å². The summed E-state index contributed by atoms with van der Waals surface area (Å²) in [5.41, 5.74) is 2.37. The van der Waals surface area contributed by atoms with Crippen molar-refractivity contribution in [2.24, 2.45) is 0 Å². The topological polar surface area (TPSA) is 123 Å². The molecular formula is C23H23N5O5. The van der Waals surface area contributed by atoms with Crippen LogP contribution in [-0.4, -0.2) is 51.8 Å². The first-order chi connectivity index (χ1) is 15.7. The fourth-order valence-electron chi connectivity index (χ4n) is 4.22. The van der Waals surface area contributed by atoms with Crippen LogP contribution < -0.4 is 4.90 Å². The average Bonchev–Trinajstić information content (AvgIpc) is 2.79. The van der Waals surface area contributed by atoms with Crippen LogP contribution in [0.25, 0.3) is 10.9 Å². The van der Waals surface area contributed by atoms with Crippen molar-refractivity contribution in [2.45, 2.75) is 20.8 Å². The molecular weight excluding hydrogens is 426 g/mol. The Morgan fingerprint density at radius 1 is 0.939 bits per heavy atom. The van der Waals surface area contributed by atoms with E-state index in [4.69, 9.17) is 4.98 Å². The second kappa shape index (κ2) is 8.45. The van der Waals surface area contributed by atoms with Crippen molar-refractivity contribution in [1.82, 2.24) is 9.88 Å². The molecule has 0 N–H and O–H groups in total. The first-order valence-electron chi connectivity index (χ1n) is 10.5. The lowest BCUT2D eigenvalue weighted by Gasteiger charge is -2.36. The van der Waals surface area contributed by atoms with Crippen molar-refractivity contribution in [3.05, 3.63) is 78.9 Å². The molecule has 2 aromatic carbocycles. The number of carbonyl (C=O) groups excluding carboxylic acids is 1. The minimum absolute atomic E-state index is 0.0142. The highest BCUT2D eigenvalue weighted by Crippen LogP contribution is 2.30. The molecule has 4 rings (SSSR count). The van der Waals surface area contributed by atoms with Crippen LogP contribution in [0.1, 0.15) is 27.0 Å². The molecule has 0 radical (unpaired) electrons. The third kappa shape index (κ3) is 4.07. The van der Waals surface area contributed by atoms with E-state index in [2.05, 4.69) is 4.90 Å². The monoisotopic (exact) mass is 449 g/mol. The molecule has 33 heavy (non-hydrogen) atoms. The number of fused-ring (bicyclic) bond motifs is 1. The standard InChI is InChI=1S/C23H23N5O5/c1-14-5-4-6-18-15(2)11-21(24-22(14)18)25-7-9-26(10-8-25)23(29)19-12-17(27(30)31)13-20(16(19)3)28(32)33/h4-6,11-13H,7-10H2,1-3H3. The van der Waals surface area contributed by atoms with Crippen LogP contribution in [0.3, 0.4) is 0 Å². The number of hydrogen-bond donors (Lipinski definition) is 0.